The molecule has 0 spiro atoms. The molecule has 0 aromatic heterocycles. The van der Waals surface area contributed by atoms with Crippen molar-refractivity contribution in [2.75, 3.05) is 18.1 Å². The molecule has 0 heterocycles. The number of hydrogen-bond donors (Lipinski definition) is 2. The zero-order valence-corrected chi connectivity index (χ0v) is 18.9. The fraction of sp³-hybridized carbons (Fsp3) is 0.360. The molecule has 0 atom stereocenters. The summed E-state index contributed by atoms with van der Waals surface area (Å²) in [6, 6.07) is 11.5. The summed E-state index contributed by atoms with van der Waals surface area (Å²) in [5, 5.41) is 0. The van der Waals surface area contributed by atoms with E-state index in [2.05, 4.69) is 0 Å². The molecule has 188 valence electrons. The third-order valence-electron chi connectivity index (χ3n) is 5.42. The Kier molecular flexibility index (Phi) is 8.75. The number of carbonyl (C=O) groups excluding carboxylic acids is 2. The highest BCUT2D eigenvalue weighted by Crippen LogP contribution is 2.29. The molecule has 1 aliphatic rings. The molecule has 10 heteroatoms. The summed E-state index contributed by atoms with van der Waals surface area (Å²) in [5.74, 6) is -1.01. The maximum absolute atomic E-state index is 12.4. The molecule has 1 saturated carbocycles. The Morgan fingerprint density at radius 1 is 0.971 bits per heavy atom. The number of carbonyl (C=O) groups is 2. The lowest BCUT2D eigenvalue weighted by Gasteiger charge is -2.27. The van der Waals surface area contributed by atoms with Gasteiger partial charge in [-0.3, -0.25) is 4.79 Å². The lowest BCUT2D eigenvalue weighted by molar-refractivity contribution is -0.189. The fourth-order valence-electron chi connectivity index (χ4n) is 3.72. The molecule has 0 unspecified atom stereocenters. The first-order valence-corrected chi connectivity index (χ1v) is 11.1. The largest absolute Gasteiger partial charge is 0.458 e. The molecular weight excluding hydrogens is 465 g/mol. The number of esters is 2. The number of rotatable bonds is 8. The summed E-state index contributed by atoms with van der Waals surface area (Å²) < 4.78 is 52.2. The van der Waals surface area contributed by atoms with Gasteiger partial charge in [0.1, 0.15) is 19.0 Å². The van der Waals surface area contributed by atoms with Crippen LogP contribution < -0.4 is 16.2 Å². The topological polar surface area (TPSA) is 114 Å². The van der Waals surface area contributed by atoms with Gasteiger partial charge in [0, 0.05) is 17.5 Å². The number of nitrogens with two attached hydrogens (primary N) is 2. The third kappa shape index (κ3) is 8.97. The van der Waals surface area contributed by atoms with E-state index in [0.717, 1.165) is 0 Å². The Hall–Kier alpha value is -3.53. The molecule has 0 radical (unpaired) electrons. The first-order chi connectivity index (χ1) is 16.6. The van der Waals surface area contributed by atoms with E-state index >= 15 is 0 Å². The summed E-state index contributed by atoms with van der Waals surface area (Å²) in [6.45, 7) is -1.24. The number of hydrogen-bond acceptors (Lipinski definition) is 7. The smallest absolute Gasteiger partial charge is 0.411 e. The Labute approximate surface area is 200 Å². The highest BCUT2D eigenvalue weighted by molar-refractivity contribution is 5.87. The molecule has 1 aliphatic carbocycles. The minimum Gasteiger partial charge on any atom is -0.458 e. The van der Waals surface area contributed by atoms with E-state index in [1.54, 1.807) is 48.5 Å². The van der Waals surface area contributed by atoms with Crippen LogP contribution in [0.2, 0.25) is 0 Å². The molecule has 2 aromatic rings. The van der Waals surface area contributed by atoms with Crippen molar-refractivity contribution < 1.29 is 37.0 Å². The van der Waals surface area contributed by atoms with Crippen LogP contribution in [0, 0.1) is 5.92 Å². The van der Waals surface area contributed by atoms with Crippen molar-refractivity contribution in [1.82, 2.24) is 0 Å². The molecule has 0 bridgehead atoms. The van der Waals surface area contributed by atoms with Crippen molar-refractivity contribution in [1.29, 1.82) is 0 Å². The van der Waals surface area contributed by atoms with Crippen LogP contribution in [-0.4, -0.2) is 30.8 Å². The van der Waals surface area contributed by atoms with Gasteiger partial charge < -0.3 is 25.7 Å². The third-order valence-corrected chi connectivity index (χ3v) is 5.42. The number of anilines is 2. The highest BCUT2D eigenvalue weighted by Gasteiger charge is 2.32. The first kappa shape index (κ1) is 26.1. The Morgan fingerprint density at radius 3 is 2.20 bits per heavy atom. The average Bonchev–Trinajstić information content (AvgIpc) is 2.80. The van der Waals surface area contributed by atoms with Gasteiger partial charge in [0.25, 0.3) is 0 Å². The predicted molar refractivity (Wildman–Crippen MR) is 124 cm³/mol. The summed E-state index contributed by atoms with van der Waals surface area (Å²) in [5.41, 5.74) is 13.8. The van der Waals surface area contributed by atoms with Gasteiger partial charge in [-0.25, -0.2) is 4.79 Å². The minimum absolute atomic E-state index is 0.0314. The van der Waals surface area contributed by atoms with Crippen LogP contribution in [0.4, 0.5) is 24.5 Å². The molecule has 4 N–H and O–H groups in total. The average molecular weight is 492 g/mol. The van der Waals surface area contributed by atoms with Crippen molar-refractivity contribution in [3.63, 3.8) is 0 Å². The van der Waals surface area contributed by atoms with Gasteiger partial charge in [-0.15, -0.1) is 0 Å². The van der Waals surface area contributed by atoms with Crippen molar-refractivity contribution >= 4 is 29.4 Å². The van der Waals surface area contributed by atoms with E-state index in [0.29, 0.717) is 53.9 Å². The van der Waals surface area contributed by atoms with Crippen LogP contribution in [0.15, 0.2) is 48.5 Å². The molecule has 1 fully saturated rings. The van der Waals surface area contributed by atoms with Crippen molar-refractivity contribution in [2.24, 2.45) is 5.92 Å². The second-order valence-electron chi connectivity index (χ2n) is 8.34. The quantitative estimate of drug-likeness (QED) is 0.239. The second kappa shape index (κ2) is 11.7. The standard InChI is InChI=1S/C25H27F3N2O5/c26-25(27,28)15-34-21-8-4-18(5-9-21)24(32)35-22-6-1-16(2-7-22)3-10-23(31)33-14-17-11-19(29)13-20(30)12-17/h1-3,6-7,10-13,18,21H,4-5,8-9,14-15,29-30H2. The van der Waals surface area contributed by atoms with E-state index in [4.69, 9.17) is 25.7 Å². The first-order valence-electron chi connectivity index (χ1n) is 11.1. The molecule has 2 aromatic carbocycles. The van der Waals surface area contributed by atoms with Crippen molar-refractivity contribution in [3.05, 3.63) is 59.7 Å². The fourth-order valence-corrected chi connectivity index (χ4v) is 3.72. The van der Waals surface area contributed by atoms with Crippen molar-refractivity contribution in [2.45, 2.75) is 44.6 Å². The lowest BCUT2D eigenvalue weighted by Crippen LogP contribution is -2.31. The van der Waals surface area contributed by atoms with Gasteiger partial charge in [0.2, 0.25) is 0 Å². The molecular formula is C25H27F3N2O5. The molecule has 7 nitrogen and oxygen atoms in total. The van der Waals surface area contributed by atoms with Gasteiger partial charge in [0.05, 0.1) is 12.0 Å². The van der Waals surface area contributed by atoms with Gasteiger partial charge in [-0.05, 0) is 73.2 Å². The summed E-state index contributed by atoms with van der Waals surface area (Å²) >= 11 is 0. The van der Waals surface area contributed by atoms with Crippen LogP contribution in [-0.2, 0) is 25.7 Å². The van der Waals surface area contributed by atoms with E-state index in [9.17, 15) is 22.8 Å². The van der Waals surface area contributed by atoms with Crippen LogP contribution in [0.25, 0.3) is 6.08 Å². The van der Waals surface area contributed by atoms with E-state index in [1.165, 1.54) is 6.08 Å². The van der Waals surface area contributed by atoms with E-state index in [1.807, 2.05) is 0 Å². The summed E-state index contributed by atoms with van der Waals surface area (Å²) in [7, 11) is 0. The Morgan fingerprint density at radius 2 is 1.60 bits per heavy atom. The van der Waals surface area contributed by atoms with E-state index in [-0.39, 0.29) is 12.5 Å². The highest BCUT2D eigenvalue weighted by atomic mass is 19.4. The van der Waals surface area contributed by atoms with Crippen LogP contribution in [0.5, 0.6) is 5.75 Å². The maximum Gasteiger partial charge on any atom is 0.411 e. The predicted octanol–water partition coefficient (Wildman–Crippen LogP) is 4.65. The number of nitrogen functional groups attached to an aromatic ring is 2. The zero-order valence-electron chi connectivity index (χ0n) is 18.9. The Bertz CT molecular complexity index is 1030. The number of benzene rings is 2. The van der Waals surface area contributed by atoms with Crippen LogP contribution in [0.1, 0.15) is 36.8 Å². The van der Waals surface area contributed by atoms with Gasteiger partial charge in [-0.2, -0.15) is 13.2 Å². The van der Waals surface area contributed by atoms with E-state index < -0.39 is 30.8 Å². The number of ether oxygens (including phenoxy) is 3. The number of halogens is 3. The summed E-state index contributed by atoms with van der Waals surface area (Å²) in [4.78, 5) is 24.3. The lowest BCUT2D eigenvalue weighted by atomic mass is 9.87. The molecule has 0 aliphatic heterocycles. The zero-order chi connectivity index (χ0) is 25.4. The van der Waals surface area contributed by atoms with Crippen molar-refractivity contribution in [3.8, 4) is 5.75 Å². The monoisotopic (exact) mass is 492 g/mol. The molecule has 0 saturated heterocycles. The van der Waals surface area contributed by atoms with Crippen LogP contribution >= 0.6 is 0 Å². The normalized spacial score (nSPS) is 18.4. The molecule has 3 rings (SSSR count). The minimum atomic E-state index is -4.36. The van der Waals surface area contributed by atoms with Gasteiger partial charge >= 0.3 is 18.1 Å². The number of alkyl halides is 3. The molecule has 0 amide bonds. The Balaban J connectivity index is 1.42. The van der Waals surface area contributed by atoms with Gasteiger partial charge in [-0.1, -0.05) is 12.1 Å². The van der Waals surface area contributed by atoms with Gasteiger partial charge in [0.15, 0.2) is 0 Å². The summed E-state index contributed by atoms with van der Waals surface area (Å²) in [6.07, 6.45) is -0.452. The second-order valence-corrected chi connectivity index (χ2v) is 8.34. The van der Waals surface area contributed by atoms with Crippen LogP contribution in [0.3, 0.4) is 0 Å². The molecule has 35 heavy (non-hydrogen) atoms. The maximum atomic E-state index is 12.4. The SMILES string of the molecule is Nc1cc(N)cc(COC(=O)C=Cc2ccc(OC(=O)C3CCC(OCC(F)(F)F)CC3)cc2)c1.